The van der Waals surface area contributed by atoms with Crippen molar-refractivity contribution in [2.24, 2.45) is 5.92 Å². The van der Waals surface area contributed by atoms with Crippen LogP contribution in [0.15, 0.2) is 65.9 Å². The molecule has 0 saturated heterocycles. The Kier molecular flexibility index (Phi) is 6.03. The van der Waals surface area contributed by atoms with Gasteiger partial charge in [-0.2, -0.15) is 0 Å². The zero-order valence-electron chi connectivity index (χ0n) is 18.0. The highest BCUT2D eigenvalue weighted by atomic mass is 16.5. The first-order valence-corrected chi connectivity index (χ1v) is 10.9. The number of carbonyl (C=O) groups is 3. The van der Waals surface area contributed by atoms with Crippen LogP contribution in [-0.2, 0) is 14.3 Å². The number of aryl methyl sites for hydroxylation is 1. The van der Waals surface area contributed by atoms with E-state index in [9.17, 15) is 14.4 Å². The van der Waals surface area contributed by atoms with Crippen LogP contribution in [0.2, 0.25) is 0 Å². The molecule has 0 N–H and O–H groups in total. The smallest absolute Gasteiger partial charge is 0.343 e. The number of ether oxygens (including phenoxy) is 1. The van der Waals surface area contributed by atoms with Gasteiger partial charge in [0.05, 0.1) is 17.2 Å². The highest BCUT2D eigenvalue weighted by molar-refractivity contribution is 6.17. The van der Waals surface area contributed by atoms with E-state index in [1.807, 2.05) is 31.2 Å². The first kappa shape index (κ1) is 21.0. The van der Waals surface area contributed by atoms with E-state index in [1.165, 1.54) is 6.92 Å². The van der Waals surface area contributed by atoms with E-state index in [4.69, 9.17) is 4.74 Å². The molecule has 4 rings (SSSR count). The van der Waals surface area contributed by atoms with Crippen LogP contribution in [0.3, 0.4) is 0 Å². The molecule has 2 aromatic rings. The molecule has 5 heteroatoms. The Morgan fingerprint density at radius 1 is 0.935 bits per heavy atom. The second-order valence-corrected chi connectivity index (χ2v) is 8.41. The number of hydrogen-bond donors (Lipinski definition) is 0. The number of anilines is 1. The molecule has 160 valence electrons. The number of Topliss-reactive ketones (excluding diaryl/α,β-unsaturated/α-hetero) is 1. The fraction of sp³-hybridized carbons (Fsp3) is 0.346. The second kappa shape index (κ2) is 8.88. The fourth-order valence-corrected chi connectivity index (χ4v) is 4.69. The summed E-state index contributed by atoms with van der Waals surface area (Å²) < 4.78 is 5.61. The highest BCUT2D eigenvalue weighted by Crippen LogP contribution is 2.41. The number of carbonyl (C=O) groups excluding carboxylic acids is 3. The maximum atomic E-state index is 13.6. The van der Waals surface area contributed by atoms with Gasteiger partial charge >= 0.3 is 5.97 Å². The molecule has 1 heterocycles. The van der Waals surface area contributed by atoms with E-state index >= 15 is 0 Å². The van der Waals surface area contributed by atoms with Crippen LogP contribution in [0, 0.1) is 12.8 Å². The first-order valence-electron chi connectivity index (χ1n) is 10.9. The van der Waals surface area contributed by atoms with Crippen molar-refractivity contribution in [1.82, 2.24) is 0 Å². The molecule has 1 atom stereocenters. The van der Waals surface area contributed by atoms with Crippen molar-refractivity contribution in [1.29, 1.82) is 0 Å². The SMILES string of the molecule is CC(=O)C1=C(OC(=O)c2ccccc2)C(=O)N(c2ccc(C)cc2)C1C1CCCCC1. The van der Waals surface area contributed by atoms with Crippen molar-refractivity contribution in [3.8, 4) is 0 Å². The van der Waals surface area contributed by atoms with Gasteiger partial charge in [0.15, 0.2) is 5.78 Å². The molecule has 5 nitrogen and oxygen atoms in total. The summed E-state index contributed by atoms with van der Waals surface area (Å²) in [5, 5.41) is 0. The Labute approximate surface area is 182 Å². The van der Waals surface area contributed by atoms with E-state index in [0.29, 0.717) is 11.1 Å². The Morgan fingerprint density at radius 2 is 1.58 bits per heavy atom. The standard InChI is InChI=1S/C26H27NO4/c1-17-13-15-21(16-14-17)27-23(19-9-5-3-6-10-19)22(18(2)28)24(25(27)29)31-26(30)20-11-7-4-8-12-20/h4,7-8,11-16,19,23H,3,5-6,9-10H2,1-2H3. The molecule has 1 saturated carbocycles. The van der Waals surface area contributed by atoms with E-state index in [1.54, 1.807) is 35.2 Å². The maximum Gasteiger partial charge on any atom is 0.343 e. The molecule has 1 amide bonds. The van der Waals surface area contributed by atoms with Crippen LogP contribution in [0.1, 0.15) is 54.9 Å². The number of amides is 1. The van der Waals surface area contributed by atoms with Gasteiger partial charge in [0, 0.05) is 5.69 Å². The lowest BCUT2D eigenvalue weighted by molar-refractivity contribution is -0.117. The summed E-state index contributed by atoms with van der Waals surface area (Å²) >= 11 is 0. The van der Waals surface area contributed by atoms with E-state index in [2.05, 4.69) is 0 Å². The van der Waals surface area contributed by atoms with Crippen molar-refractivity contribution >= 4 is 23.3 Å². The summed E-state index contributed by atoms with van der Waals surface area (Å²) in [6, 6.07) is 15.8. The molecule has 1 aliphatic carbocycles. The molecule has 0 radical (unpaired) electrons. The van der Waals surface area contributed by atoms with Crippen molar-refractivity contribution in [2.45, 2.75) is 52.0 Å². The molecule has 2 aromatic carbocycles. The Morgan fingerprint density at radius 3 is 2.19 bits per heavy atom. The van der Waals surface area contributed by atoms with Crippen LogP contribution in [0.25, 0.3) is 0 Å². The van der Waals surface area contributed by atoms with Gasteiger partial charge in [-0.3, -0.25) is 14.5 Å². The molecule has 0 bridgehead atoms. The van der Waals surface area contributed by atoms with Gasteiger partial charge < -0.3 is 4.74 Å². The molecular weight excluding hydrogens is 390 g/mol. The van der Waals surface area contributed by atoms with Crippen molar-refractivity contribution in [2.75, 3.05) is 4.90 Å². The lowest BCUT2D eigenvalue weighted by Gasteiger charge is -2.35. The van der Waals surface area contributed by atoms with E-state index < -0.39 is 17.9 Å². The van der Waals surface area contributed by atoms with Crippen LogP contribution >= 0.6 is 0 Å². The van der Waals surface area contributed by atoms with Gasteiger partial charge in [0.1, 0.15) is 0 Å². The predicted octanol–water partition coefficient (Wildman–Crippen LogP) is 4.99. The summed E-state index contributed by atoms with van der Waals surface area (Å²) in [6.07, 6.45) is 5.19. The van der Waals surface area contributed by atoms with Gasteiger partial charge in [0.25, 0.3) is 5.91 Å². The van der Waals surface area contributed by atoms with E-state index in [-0.39, 0.29) is 17.5 Å². The summed E-state index contributed by atoms with van der Waals surface area (Å²) in [7, 11) is 0. The van der Waals surface area contributed by atoms with Crippen molar-refractivity contribution in [3.63, 3.8) is 0 Å². The molecule has 1 aliphatic heterocycles. The number of rotatable bonds is 5. The van der Waals surface area contributed by atoms with Crippen molar-refractivity contribution in [3.05, 3.63) is 77.1 Å². The maximum absolute atomic E-state index is 13.6. The number of benzene rings is 2. The van der Waals surface area contributed by atoms with Crippen LogP contribution in [0.5, 0.6) is 0 Å². The number of nitrogens with zero attached hydrogens (tertiary/aromatic N) is 1. The minimum Gasteiger partial charge on any atom is -0.416 e. The quantitative estimate of drug-likeness (QED) is 0.643. The van der Waals surface area contributed by atoms with Gasteiger partial charge in [-0.1, -0.05) is 55.2 Å². The normalized spacial score (nSPS) is 19.6. The van der Waals surface area contributed by atoms with Crippen molar-refractivity contribution < 1.29 is 19.1 Å². The third kappa shape index (κ3) is 4.18. The third-order valence-corrected chi connectivity index (χ3v) is 6.22. The second-order valence-electron chi connectivity index (χ2n) is 8.41. The zero-order valence-corrected chi connectivity index (χ0v) is 18.0. The van der Waals surface area contributed by atoms with Gasteiger partial charge in [-0.05, 0) is 56.9 Å². The molecule has 0 spiro atoms. The molecule has 31 heavy (non-hydrogen) atoms. The largest absolute Gasteiger partial charge is 0.416 e. The summed E-state index contributed by atoms with van der Waals surface area (Å²) in [5.74, 6) is -1.25. The topological polar surface area (TPSA) is 63.7 Å². The third-order valence-electron chi connectivity index (χ3n) is 6.22. The number of esters is 1. The van der Waals surface area contributed by atoms with Gasteiger partial charge in [0.2, 0.25) is 5.76 Å². The lowest BCUT2D eigenvalue weighted by Crippen LogP contribution is -2.42. The van der Waals surface area contributed by atoms with Gasteiger partial charge in [-0.15, -0.1) is 0 Å². The zero-order chi connectivity index (χ0) is 22.0. The lowest BCUT2D eigenvalue weighted by atomic mass is 9.80. The summed E-state index contributed by atoms with van der Waals surface area (Å²) in [4.78, 5) is 40.8. The minimum atomic E-state index is -0.629. The minimum absolute atomic E-state index is 0.127. The fourth-order valence-electron chi connectivity index (χ4n) is 4.69. The molecular formula is C26H27NO4. The summed E-state index contributed by atoms with van der Waals surface area (Å²) in [6.45, 7) is 3.44. The Balaban J connectivity index is 1.77. The highest BCUT2D eigenvalue weighted by Gasteiger charge is 2.47. The summed E-state index contributed by atoms with van der Waals surface area (Å²) in [5.41, 5.74) is 2.46. The Bertz CT molecular complexity index is 1020. The van der Waals surface area contributed by atoms with Crippen LogP contribution in [0.4, 0.5) is 5.69 Å². The molecule has 1 fully saturated rings. The number of hydrogen-bond acceptors (Lipinski definition) is 4. The van der Waals surface area contributed by atoms with Crippen LogP contribution < -0.4 is 4.90 Å². The average molecular weight is 418 g/mol. The Hall–Kier alpha value is -3.21. The molecule has 1 unspecified atom stereocenters. The molecule has 0 aromatic heterocycles. The van der Waals surface area contributed by atoms with Crippen LogP contribution in [-0.4, -0.2) is 23.7 Å². The van der Waals surface area contributed by atoms with Gasteiger partial charge in [-0.25, -0.2) is 4.79 Å². The predicted molar refractivity (Wildman–Crippen MR) is 119 cm³/mol. The first-order chi connectivity index (χ1) is 15.0. The monoisotopic (exact) mass is 417 g/mol. The average Bonchev–Trinajstić information content (AvgIpc) is 3.08. The van der Waals surface area contributed by atoms with E-state index in [0.717, 1.165) is 43.4 Å². The molecule has 2 aliphatic rings. The number of ketones is 1.